The maximum absolute atomic E-state index is 6.16. The van der Waals surface area contributed by atoms with Gasteiger partial charge in [0, 0.05) is 28.0 Å². The molecule has 3 rings (SSSR count). The van der Waals surface area contributed by atoms with Crippen molar-refractivity contribution in [1.82, 2.24) is 5.32 Å². The predicted octanol–water partition coefficient (Wildman–Crippen LogP) is 3.59. The number of hydrogen-bond donors (Lipinski definition) is 2. The van der Waals surface area contributed by atoms with Crippen LogP contribution in [0.3, 0.4) is 0 Å². The van der Waals surface area contributed by atoms with Crippen LogP contribution < -0.4 is 11.1 Å². The van der Waals surface area contributed by atoms with Crippen LogP contribution in [-0.2, 0) is 9.47 Å². The first-order valence-corrected chi connectivity index (χ1v) is 9.95. The summed E-state index contributed by atoms with van der Waals surface area (Å²) in [4.78, 5) is 1.13. The summed E-state index contributed by atoms with van der Waals surface area (Å²) in [5.41, 5.74) is 8.50. The summed E-state index contributed by atoms with van der Waals surface area (Å²) < 4.78 is 11.4. The van der Waals surface area contributed by atoms with Gasteiger partial charge in [0.15, 0.2) is 6.29 Å². The van der Waals surface area contributed by atoms with Crippen molar-refractivity contribution in [2.45, 2.75) is 44.8 Å². The zero-order valence-corrected chi connectivity index (χ0v) is 16.6. The van der Waals surface area contributed by atoms with Gasteiger partial charge in [-0.1, -0.05) is 43.5 Å². The number of aryl methyl sites for hydroxylation is 1. The van der Waals surface area contributed by atoms with Gasteiger partial charge in [-0.3, -0.25) is 0 Å². The lowest BCUT2D eigenvalue weighted by atomic mass is 9.96. The Labute approximate surface area is 160 Å². The van der Waals surface area contributed by atoms with Gasteiger partial charge in [0.2, 0.25) is 0 Å². The van der Waals surface area contributed by atoms with Crippen molar-refractivity contribution in [1.29, 1.82) is 0 Å². The smallest absolute Gasteiger partial charge is 0.174 e. The Kier molecular flexibility index (Phi) is 6.18. The molecular formula is C21H28N2O2S. The molecule has 0 amide bonds. The van der Waals surface area contributed by atoms with Crippen LogP contribution in [0, 0.1) is 30.1 Å². The summed E-state index contributed by atoms with van der Waals surface area (Å²) >= 11 is 1.55. The van der Waals surface area contributed by atoms with E-state index in [1.54, 1.807) is 11.8 Å². The third-order valence-electron chi connectivity index (χ3n) is 4.26. The van der Waals surface area contributed by atoms with Gasteiger partial charge in [0.25, 0.3) is 0 Å². The average molecular weight is 373 g/mol. The molecule has 3 N–H and O–H groups in total. The molecule has 1 aliphatic heterocycles. The van der Waals surface area contributed by atoms with Crippen molar-refractivity contribution in [3.63, 3.8) is 0 Å². The topological polar surface area (TPSA) is 56.5 Å². The third-order valence-corrected chi connectivity index (χ3v) is 5.28. The molecule has 1 saturated carbocycles. The Morgan fingerprint density at radius 1 is 1.35 bits per heavy atom. The monoisotopic (exact) mass is 372 g/mol. The molecule has 1 aliphatic carbocycles. The number of ether oxygens (including phenoxy) is 2. The molecule has 0 bridgehead atoms. The van der Waals surface area contributed by atoms with Crippen LogP contribution in [0.25, 0.3) is 0 Å². The highest BCUT2D eigenvalue weighted by molar-refractivity contribution is 8.03. The Balaban J connectivity index is 1.50. The second-order valence-electron chi connectivity index (χ2n) is 7.80. The van der Waals surface area contributed by atoms with E-state index in [9.17, 15) is 0 Å². The minimum absolute atomic E-state index is 0.0894. The third kappa shape index (κ3) is 5.98. The maximum Gasteiger partial charge on any atom is 0.174 e. The molecular weight excluding hydrogens is 344 g/mol. The molecule has 0 aromatic heterocycles. The second-order valence-corrected chi connectivity index (χ2v) is 8.91. The van der Waals surface area contributed by atoms with Crippen molar-refractivity contribution < 1.29 is 9.47 Å². The first kappa shape index (κ1) is 19.2. The minimum Gasteiger partial charge on any atom is -0.392 e. The standard InChI is InChI=1S/C21H28N2O2S/c1-15-4-5-17(9-8-16-6-7-16)10-18(15)26-19(22)11-23-12-20-24-13-21(2,3)14-25-20/h4-5,10-11,16,20,23H,6-7,12-14,22H2,1-3H3/b19-11+. The number of nitrogens with one attached hydrogen (secondary N) is 1. The molecule has 5 heteroatoms. The van der Waals surface area contributed by atoms with Crippen LogP contribution in [-0.4, -0.2) is 26.0 Å². The van der Waals surface area contributed by atoms with Crippen molar-refractivity contribution >= 4 is 11.8 Å². The molecule has 0 atom stereocenters. The second kappa shape index (κ2) is 8.39. The summed E-state index contributed by atoms with van der Waals surface area (Å²) in [5.74, 6) is 7.18. The largest absolute Gasteiger partial charge is 0.392 e. The van der Waals surface area contributed by atoms with Gasteiger partial charge in [-0.25, -0.2) is 0 Å². The molecule has 0 radical (unpaired) electrons. The highest BCUT2D eigenvalue weighted by Gasteiger charge is 2.27. The number of rotatable bonds is 5. The minimum atomic E-state index is -0.222. The first-order valence-electron chi connectivity index (χ1n) is 9.14. The first-order chi connectivity index (χ1) is 12.4. The molecule has 140 valence electrons. The summed E-state index contributed by atoms with van der Waals surface area (Å²) in [6.07, 6.45) is 4.08. The quantitative estimate of drug-likeness (QED) is 0.611. The van der Waals surface area contributed by atoms with Gasteiger partial charge in [0.05, 0.1) is 24.8 Å². The van der Waals surface area contributed by atoms with E-state index < -0.39 is 0 Å². The van der Waals surface area contributed by atoms with E-state index in [0.29, 0.717) is 30.7 Å². The van der Waals surface area contributed by atoms with Gasteiger partial charge >= 0.3 is 0 Å². The lowest BCUT2D eigenvalue weighted by Gasteiger charge is -2.34. The molecule has 0 spiro atoms. The molecule has 1 heterocycles. The van der Waals surface area contributed by atoms with Crippen LogP contribution >= 0.6 is 11.8 Å². The Bertz CT molecular complexity index is 719. The van der Waals surface area contributed by atoms with Crippen molar-refractivity contribution in [2.75, 3.05) is 19.8 Å². The van der Waals surface area contributed by atoms with Gasteiger partial charge < -0.3 is 20.5 Å². The van der Waals surface area contributed by atoms with Gasteiger partial charge in [-0.15, -0.1) is 0 Å². The van der Waals surface area contributed by atoms with E-state index in [-0.39, 0.29) is 11.7 Å². The van der Waals surface area contributed by atoms with Crippen molar-refractivity contribution in [2.24, 2.45) is 17.1 Å². The lowest BCUT2D eigenvalue weighted by molar-refractivity contribution is -0.217. The number of thioether (sulfide) groups is 1. The summed E-state index contributed by atoms with van der Waals surface area (Å²) in [5, 5.41) is 3.90. The number of benzene rings is 1. The van der Waals surface area contributed by atoms with Gasteiger partial charge in [-0.05, 0) is 37.5 Å². The summed E-state index contributed by atoms with van der Waals surface area (Å²) in [6, 6.07) is 6.29. The molecule has 26 heavy (non-hydrogen) atoms. The molecule has 2 fully saturated rings. The zero-order chi connectivity index (χ0) is 18.6. The van der Waals surface area contributed by atoms with E-state index in [1.807, 2.05) is 6.20 Å². The highest BCUT2D eigenvalue weighted by atomic mass is 32.2. The van der Waals surface area contributed by atoms with Gasteiger partial charge in [0.1, 0.15) is 0 Å². The van der Waals surface area contributed by atoms with Crippen LogP contribution in [0.1, 0.15) is 37.8 Å². The molecule has 1 aromatic rings. The SMILES string of the molecule is Cc1ccc(C#CC2CC2)cc1S/C(N)=C/NCC1OCC(C)(C)CO1. The van der Waals surface area contributed by atoms with Crippen molar-refractivity contribution in [3.05, 3.63) is 40.6 Å². The van der Waals surface area contributed by atoms with E-state index in [2.05, 4.69) is 56.1 Å². The fourth-order valence-corrected chi connectivity index (χ4v) is 3.27. The van der Waals surface area contributed by atoms with Gasteiger partial charge in [-0.2, -0.15) is 0 Å². The van der Waals surface area contributed by atoms with Crippen LogP contribution in [0.4, 0.5) is 0 Å². The van der Waals surface area contributed by atoms with E-state index in [0.717, 1.165) is 10.5 Å². The Hall–Kier alpha value is -1.61. The maximum atomic E-state index is 6.16. The number of nitrogens with two attached hydrogens (primary N) is 1. The van der Waals surface area contributed by atoms with Crippen molar-refractivity contribution in [3.8, 4) is 11.8 Å². The summed E-state index contributed by atoms with van der Waals surface area (Å²) in [7, 11) is 0. The van der Waals surface area contributed by atoms with Crippen LogP contribution in [0.15, 0.2) is 34.3 Å². The van der Waals surface area contributed by atoms with E-state index in [1.165, 1.54) is 18.4 Å². The molecule has 1 aromatic carbocycles. The predicted molar refractivity (Wildman–Crippen MR) is 106 cm³/mol. The lowest BCUT2D eigenvalue weighted by Crippen LogP contribution is -2.41. The number of hydrogen-bond acceptors (Lipinski definition) is 5. The molecule has 0 unspecified atom stereocenters. The van der Waals surface area contributed by atoms with E-state index >= 15 is 0 Å². The van der Waals surface area contributed by atoms with Crippen LogP contribution in [0.5, 0.6) is 0 Å². The molecule has 2 aliphatic rings. The molecule has 4 nitrogen and oxygen atoms in total. The Morgan fingerprint density at radius 2 is 2.08 bits per heavy atom. The highest BCUT2D eigenvalue weighted by Crippen LogP contribution is 2.29. The van der Waals surface area contributed by atoms with Crippen LogP contribution in [0.2, 0.25) is 0 Å². The molecule has 1 saturated heterocycles. The average Bonchev–Trinajstić information content (AvgIpc) is 3.41. The fourth-order valence-electron chi connectivity index (χ4n) is 2.46. The normalized spacial score (nSPS) is 20.3. The Morgan fingerprint density at radius 3 is 2.77 bits per heavy atom. The van der Waals surface area contributed by atoms with E-state index in [4.69, 9.17) is 15.2 Å². The summed E-state index contributed by atoms with van der Waals surface area (Å²) in [6.45, 7) is 8.37. The zero-order valence-electron chi connectivity index (χ0n) is 15.8. The fraction of sp³-hybridized carbons (Fsp3) is 0.524.